The lowest BCUT2D eigenvalue weighted by atomic mass is 9.90. The number of hydrogen-bond acceptors (Lipinski definition) is 3. The number of aromatic carboxylic acids is 1. The van der Waals surface area contributed by atoms with E-state index in [4.69, 9.17) is 9.52 Å². The molecule has 1 atom stereocenters. The number of carboxylic acids is 1. The summed E-state index contributed by atoms with van der Waals surface area (Å²) in [6.45, 7) is 5.48. The second kappa shape index (κ2) is 4.06. The molecule has 1 aromatic rings. The van der Waals surface area contributed by atoms with Crippen molar-refractivity contribution in [1.29, 1.82) is 0 Å². The molecule has 2 N–H and O–H groups in total. The van der Waals surface area contributed by atoms with Crippen LogP contribution in [0.25, 0.3) is 0 Å². The van der Waals surface area contributed by atoms with Crippen molar-refractivity contribution >= 4 is 5.97 Å². The molecule has 1 heterocycles. The van der Waals surface area contributed by atoms with E-state index in [2.05, 4.69) is 0 Å². The minimum atomic E-state index is -1.23. The highest BCUT2D eigenvalue weighted by Crippen LogP contribution is 2.31. The number of carboxylic acid groups (broad SMARTS) is 1. The SMILES string of the molecule is CC(C)CC(C)(O)c1occc1C(=O)O. The molecule has 4 nitrogen and oxygen atoms in total. The average molecular weight is 212 g/mol. The van der Waals surface area contributed by atoms with Crippen LogP contribution in [0.2, 0.25) is 0 Å². The van der Waals surface area contributed by atoms with E-state index in [-0.39, 0.29) is 17.2 Å². The molecule has 0 saturated heterocycles. The number of furan rings is 1. The van der Waals surface area contributed by atoms with Crippen LogP contribution in [0.4, 0.5) is 0 Å². The number of hydrogen-bond donors (Lipinski definition) is 2. The molecule has 4 heteroatoms. The lowest BCUT2D eigenvalue weighted by Gasteiger charge is -2.23. The fourth-order valence-corrected chi connectivity index (χ4v) is 1.78. The fraction of sp³-hybridized carbons (Fsp3) is 0.545. The van der Waals surface area contributed by atoms with Crippen LogP contribution in [-0.2, 0) is 5.60 Å². The Kier molecular flexibility index (Phi) is 3.19. The molecule has 0 aromatic carbocycles. The summed E-state index contributed by atoms with van der Waals surface area (Å²) in [5, 5.41) is 19.0. The number of aliphatic hydroxyl groups is 1. The molecule has 1 unspecified atom stereocenters. The highest BCUT2D eigenvalue weighted by Gasteiger charge is 2.32. The smallest absolute Gasteiger partial charge is 0.339 e. The summed E-state index contributed by atoms with van der Waals surface area (Å²) in [6, 6.07) is 1.35. The third kappa shape index (κ3) is 2.59. The zero-order valence-electron chi connectivity index (χ0n) is 9.15. The van der Waals surface area contributed by atoms with Gasteiger partial charge in [-0.2, -0.15) is 0 Å². The summed E-state index contributed by atoms with van der Waals surface area (Å²) < 4.78 is 5.06. The van der Waals surface area contributed by atoms with Gasteiger partial charge in [-0.05, 0) is 25.3 Å². The number of rotatable bonds is 4. The lowest BCUT2D eigenvalue weighted by molar-refractivity contribution is 0.0115. The van der Waals surface area contributed by atoms with Crippen LogP contribution >= 0.6 is 0 Å². The van der Waals surface area contributed by atoms with Gasteiger partial charge in [0, 0.05) is 0 Å². The molecule has 0 aliphatic heterocycles. The summed E-state index contributed by atoms with van der Waals surface area (Å²) in [7, 11) is 0. The molecular weight excluding hydrogens is 196 g/mol. The van der Waals surface area contributed by atoms with Crippen molar-refractivity contribution in [3.8, 4) is 0 Å². The maximum atomic E-state index is 10.8. The van der Waals surface area contributed by atoms with Crippen molar-refractivity contribution in [2.45, 2.75) is 32.8 Å². The van der Waals surface area contributed by atoms with Crippen molar-refractivity contribution in [3.63, 3.8) is 0 Å². The van der Waals surface area contributed by atoms with Crippen LogP contribution in [-0.4, -0.2) is 16.2 Å². The molecule has 0 fully saturated rings. The summed E-state index contributed by atoms with van der Waals surface area (Å²) in [5.74, 6) is -0.696. The van der Waals surface area contributed by atoms with Gasteiger partial charge in [0.2, 0.25) is 0 Å². The Balaban J connectivity index is 3.03. The molecule has 0 saturated carbocycles. The number of carbonyl (C=O) groups is 1. The maximum Gasteiger partial charge on any atom is 0.339 e. The molecule has 84 valence electrons. The maximum absolute atomic E-state index is 10.8. The van der Waals surface area contributed by atoms with Crippen LogP contribution in [0.15, 0.2) is 16.7 Å². The molecule has 0 bridgehead atoms. The van der Waals surface area contributed by atoms with E-state index in [9.17, 15) is 9.90 Å². The average Bonchev–Trinajstić information content (AvgIpc) is 2.48. The molecule has 1 rings (SSSR count). The lowest BCUT2D eigenvalue weighted by Crippen LogP contribution is -2.25. The Labute approximate surface area is 88.5 Å². The first-order valence-corrected chi connectivity index (χ1v) is 4.88. The highest BCUT2D eigenvalue weighted by atomic mass is 16.4. The third-order valence-electron chi connectivity index (χ3n) is 2.19. The molecule has 0 amide bonds. The van der Waals surface area contributed by atoms with Crippen LogP contribution in [0, 0.1) is 5.92 Å². The van der Waals surface area contributed by atoms with Gasteiger partial charge >= 0.3 is 5.97 Å². The topological polar surface area (TPSA) is 70.7 Å². The van der Waals surface area contributed by atoms with Gasteiger partial charge in [-0.3, -0.25) is 0 Å². The van der Waals surface area contributed by atoms with Crippen LogP contribution in [0.1, 0.15) is 43.3 Å². The first-order chi connectivity index (χ1) is 6.84. The molecule has 0 spiro atoms. The van der Waals surface area contributed by atoms with Gasteiger partial charge in [0.15, 0.2) is 0 Å². The molecule has 0 radical (unpaired) electrons. The van der Waals surface area contributed by atoms with E-state index < -0.39 is 11.6 Å². The van der Waals surface area contributed by atoms with Gasteiger partial charge in [-0.1, -0.05) is 13.8 Å². The highest BCUT2D eigenvalue weighted by molar-refractivity contribution is 5.88. The van der Waals surface area contributed by atoms with Gasteiger partial charge in [-0.25, -0.2) is 4.79 Å². The minimum Gasteiger partial charge on any atom is -0.478 e. The largest absolute Gasteiger partial charge is 0.478 e. The summed E-state index contributed by atoms with van der Waals surface area (Å²) in [6.07, 6.45) is 1.74. The molecule has 1 aromatic heterocycles. The van der Waals surface area contributed by atoms with Gasteiger partial charge in [0.05, 0.1) is 6.26 Å². The zero-order chi connectivity index (χ0) is 11.6. The van der Waals surface area contributed by atoms with Gasteiger partial charge in [0.25, 0.3) is 0 Å². The van der Waals surface area contributed by atoms with E-state index in [0.717, 1.165) is 0 Å². The Bertz CT molecular complexity index is 349. The van der Waals surface area contributed by atoms with E-state index in [1.165, 1.54) is 12.3 Å². The normalized spacial score (nSPS) is 15.3. The van der Waals surface area contributed by atoms with E-state index in [1.807, 2.05) is 13.8 Å². The van der Waals surface area contributed by atoms with Crippen LogP contribution in [0.5, 0.6) is 0 Å². The standard InChI is InChI=1S/C11H16O4/c1-7(2)6-11(3,14)9-8(10(12)13)4-5-15-9/h4-5,7,14H,6H2,1-3H3,(H,12,13). The molecule has 0 aliphatic rings. The summed E-state index contributed by atoms with van der Waals surface area (Å²) in [5.41, 5.74) is -1.20. The van der Waals surface area contributed by atoms with Gasteiger partial charge in [0.1, 0.15) is 16.9 Å². The van der Waals surface area contributed by atoms with Crippen molar-refractivity contribution < 1.29 is 19.4 Å². The van der Waals surface area contributed by atoms with E-state index >= 15 is 0 Å². The molecule has 15 heavy (non-hydrogen) atoms. The first kappa shape index (κ1) is 11.8. The molecular formula is C11H16O4. The second-order valence-corrected chi connectivity index (χ2v) is 4.34. The Morgan fingerprint density at radius 3 is 2.67 bits per heavy atom. The quantitative estimate of drug-likeness (QED) is 0.802. The monoisotopic (exact) mass is 212 g/mol. The van der Waals surface area contributed by atoms with Crippen LogP contribution < -0.4 is 0 Å². The van der Waals surface area contributed by atoms with Gasteiger partial charge < -0.3 is 14.6 Å². The van der Waals surface area contributed by atoms with Crippen molar-refractivity contribution in [3.05, 3.63) is 23.7 Å². The third-order valence-corrected chi connectivity index (χ3v) is 2.19. The zero-order valence-corrected chi connectivity index (χ0v) is 9.15. The Hall–Kier alpha value is -1.29. The predicted octanol–water partition coefficient (Wildman–Crippen LogP) is 2.23. The fourth-order valence-electron chi connectivity index (χ4n) is 1.78. The van der Waals surface area contributed by atoms with E-state index in [0.29, 0.717) is 6.42 Å². The van der Waals surface area contributed by atoms with Crippen molar-refractivity contribution in [2.75, 3.05) is 0 Å². The second-order valence-electron chi connectivity index (χ2n) is 4.34. The summed E-state index contributed by atoms with van der Waals surface area (Å²) >= 11 is 0. The van der Waals surface area contributed by atoms with Gasteiger partial charge in [-0.15, -0.1) is 0 Å². The molecule has 0 aliphatic carbocycles. The summed E-state index contributed by atoms with van der Waals surface area (Å²) in [4.78, 5) is 10.8. The van der Waals surface area contributed by atoms with Crippen molar-refractivity contribution in [2.24, 2.45) is 5.92 Å². The van der Waals surface area contributed by atoms with Crippen molar-refractivity contribution in [1.82, 2.24) is 0 Å². The Morgan fingerprint density at radius 1 is 1.60 bits per heavy atom. The minimum absolute atomic E-state index is 0.0284. The first-order valence-electron chi connectivity index (χ1n) is 4.88. The van der Waals surface area contributed by atoms with Crippen LogP contribution in [0.3, 0.4) is 0 Å². The predicted molar refractivity (Wildman–Crippen MR) is 54.7 cm³/mol. The van der Waals surface area contributed by atoms with E-state index in [1.54, 1.807) is 6.92 Å². The Morgan fingerprint density at radius 2 is 2.20 bits per heavy atom.